The molecule has 0 radical (unpaired) electrons. The number of benzene rings is 1. The SMILES string of the molecule is COc1cc(C)c(Cl)cc1C(O)C(C)N. The Labute approximate surface area is 94.8 Å². The van der Waals surface area contributed by atoms with Crippen LogP contribution in [0, 0.1) is 6.92 Å². The van der Waals surface area contributed by atoms with E-state index in [1.165, 1.54) is 0 Å². The second-order valence-corrected chi connectivity index (χ2v) is 4.05. The third kappa shape index (κ3) is 2.62. The van der Waals surface area contributed by atoms with Crippen molar-refractivity contribution in [2.45, 2.75) is 26.0 Å². The summed E-state index contributed by atoms with van der Waals surface area (Å²) in [6.07, 6.45) is -0.766. The second kappa shape index (κ2) is 4.84. The Hall–Kier alpha value is -0.770. The average Bonchev–Trinajstić information content (AvgIpc) is 2.20. The van der Waals surface area contributed by atoms with Crippen LogP contribution in [-0.2, 0) is 0 Å². The van der Waals surface area contributed by atoms with Crippen molar-refractivity contribution in [2.24, 2.45) is 5.73 Å². The van der Waals surface area contributed by atoms with Gasteiger partial charge in [0, 0.05) is 16.6 Å². The van der Waals surface area contributed by atoms with E-state index in [4.69, 9.17) is 22.1 Å². The summed E-state index contributed by atoms with van der Waals surface area (Å²) in [5.41, 5.74) is 7.17. The zero-order valence-corrected chi connectivity index (χ0v) is 9.88. The summed E-state index contributed by atoms with van der Waals surface area (Å²) in [6.45, 7) is 3.62. The van der Waals surface area contributed by atoms with Crippen molar-refractivity contribution < 1.29 is 9.84 Å². The Morgan fingerprint density at radius 2 is 2.07 bits per heavy atom. The van der Waals surface area contributed by atoms with E-state index in [2.05, 4.69) is 0 Å². The lowest BCUT2D eigenvalue weighted by molar-refractivity contribution is 0.149. The first kappa shape index (κ1) is 12.3. The Morgan fingerprint density at radius 1 is 1.47 bits per heavy atom. The van der Waals surface area contributed by atoms with Gasteiger partial charge in [0.25, 0.3) is 0 Å². The standard InChI is InChI=1S/C11H16ClNO2/c1-6-4-10(15-3)8(5-9(6)12)11(14)7(2)13/h4-5,7,11,14H,13H2,1-3H3. The number of aryl methyl sites for hydroxylation is 1. The van der Waals surface area contributed by atoms with Gasteiger partial charge >= 0.3 is 0 Å². The average molecular weight is 230 g/mol. The molecule has 0 aliphatic rings. The van der Waals surface area contributed by atoms with Crippen molar-refractivity contribution in [3.05, 3.63) is 28.3 Å². The van der Waals surface area contributed by atoms with E-state index in [1.807, 2.05) is 6.92 Å². The van der Waals surface area contributed by atoms with E-state index in [-0.39, 0.29) is 6.04 Å². The van der Waals surface area contributed by atoms with E-state index in [0.29, 0.717) is 16.3 Å². The zero-order chi connectivity index (χ0) is 11.6. The largest absolute Gasteiger partial charge is 0.496 e. The summed E-state index contributed by atoms with van der Waals surface area (Å²) in [5.74, 6) is 0.613. The van der Waals surface area contributed by atoms with Crippen molar-refractivity contribution in [1.82, 2.24) is 0 Å². The lowest BCUT2D eigenvalue weighted by atomic mass is 10.0. The maximum Gasteiger partial charge on any atom is 0.125 e. The Bertz CT molecular complexity index is 353. The van der Waals surface area contributed by atoms with Crippen molar-refractivity contribution in [2.75, 3.05) is 7.11 Å². The van der Waals surface area contributed by atoms with Crippen LogP contribution in [-0.4, -0.2) is 18.3 Å². The third-order valence-electron chi connectivity index (χ3n) is 2.33. The minimum atomic E-state index is -0.766. The Balaban J connectivity index is 3.21. The van der Waals surface area contributed by atoms with Crippen LogP contribution >= 0.6 is 11.6 Å². The maximum absolute atomic E-state index is 9.86. The van der Waals surface area contributed by atoms with Gasteiger partial charge in [0.1, 0.15) is 5.75 Å². The van der Waals surface area contributed by atoms with Gasteiger partial charge in [-0.05, 0) is 31.5 Å². The molecule has 4 heteroatoms. The maximum atomic E-state index is 9.86. The fraction of sp³-hybridized carbons (Fsp3) is 0.455. The molecule has 0 fully saturated rings. The van der Waals surface area contributed by atoms with Gasteiger partial charge in [0.15, 0.2) is 0 Å². The molecule has 0 saturated carbocycles. The number of methoxy groups -OCH3 is 1. The molecule has 2 atom stereocenters. The molecule has 0 aliphatic carbocycles. The fourth-order valence-electron chi connectivity index (χ4n) is 1.36. The van der Waals surface area contributed by atoms with Gasteiger partial charge in [-0.15, -0.1) is 0 Å². The van der Waals surface area contributed by atoms with Gasteiger partial charge in [-0.2, -0.15) is 0 Å². The molecule has 0 aliphatic heterocycles. The van der Waals surface area contributed by atoms with Crippen LogP contribution < -0.4 is 10.5 Å². The molecule has 3 nitrogen and oxygen atoms in total. The molecule has 15 heavy (non-hydrogen) atoms. The van der Waals surface area contributed by atoms with Gasteiger partial charge in [0.05, 0.1) is 13.2 Å². The molecule has 0 spiro atoms. The summed E-state index contributed by atoms with van der Waals surface area (Å²) in [5, 5.41) is 10.5. The molecule has 3 N–H and O–H groups in total. The highest BCUT2D eigenvalue weighted by Crippen LogP contribution is 2.31. The van der Waals surface area contributed by atoms with Gasteiger partial charge in [-0.1, -0.05) is 11.6 Å². The number of rotatable bonds is 3. The third-order valence-corrected chi connectivity index (χ3v) is 2.73. The van der Waals surface area contributed by atoms with Gasteiger partial charge < -0.3 is 15.6 Å². The van der Waals surface area contributed by atoms with Crippen LogP contribution in [0.2, 0.25) is 5.02 Å². The van der Waals surface area contributed by atoms with E-state index in [9.17, 15) is 5.11 Å². The smallest absolute Gasteiger partial charge is 0.125 e. The normalized spacial score (nSPS) is 14.8. The molecule has 0 aromatic heterocycles. The second-order valence-electron chi connectivity index (χ2n) is 3.65. The van der Waals surface area contributed by atoms with E-state index in [1.54, 1.807) is 26.2 Å². The predicted octanol–water partition coefficient (Wildman–Crippen LogP) is 2.04. The summed E-state index contributed by atoms with van der Waals surface area (Å²) in [7, 11) is 1.56. The van der Waals surface area contributed by atoms with Gasteiger partial charge in [0.2, 0.25) is 0 Å². The van der Waals surface area contributed by atoms with Crippen molar-refractivity contribution in [1.29, 1.82) is 0 Å². The minimum absolute atomic E-state index is 0.363. The topological polar surface area (TPSA) is 55.5 Å². The number of halogens is 1. The highest BCUT2D eigenvalue weighted by atomic mass is 35.5. The number of ether oxygens (including phenoxy) is 1. The number of hydrogen-bond acceptors (Lipinski definition) is 3. The molecule has 1 aromatic carbocycles. The minimum Gasteiger partial charge on any atom is -0.496 e. The monoisotopic (exact) mass is 229 g/mol. The van der Waals surface area contributed by atoms with Crippen molar-refractivity contribution >= 4 is 11.6 Å². The highest BCUT2D eigenvalue weighted by molar-refractivity contribution is 6.31. The van der Waals surface area contributed by atoms with Gasteiger partial charge in [-0.25, -0.2) is 0 Å². The van der Waals surface area contributed by atoms with Crippen LogP contribution in [0.5, 0.6) is 5.75 Å². The van der Waals surface area contributed by atoms with Crippen LogP contribution in [0.4, 0.5) is 0 Å². The van der Waals surface area contributed by atoms with Crippen LogP contribution in [0.1, 0.15) is 24.2 Å². The molecule has 0 bridgehead atoms. The van der Waals surface area contributed by atoms with Crippen molar-refractivity contribution in [3.8, 4) is 5.75 Å². The molecule has 0 saturated heterocycles. The summed E-state index contributed by atoms with van der Waals surface area (Å²) in [4.78, 5) is 0. The molecule has 1 aromatic rings. The summed E-state index contributed by atoms with van der Waals surface area (Å²) < 4.78 is 5.18. The zero-order valence-electron chi connectivity index (χ0n) is 9.12. The van der Waals surface area contributed by atoms with Gasteiger partial charge in [-0.3, -0.25) is 0 Å². The first-order valence-corrected chi connectivity index (χ1v) is 5.12. The first-order valence-electron chi connectivity index (χ1n) is 4.75. The van der Waals surface area contributed by atoms with Crippen LogP contribution in [0.15, 0.2) is 12.1 Å². The number of aliphatic hydroxyl groups excluding tert-OH is 1. The lowest BCUT2D eigenvalue weighted by Gasteiger charge is -2.18. The summed E-state index contributed by atoms with van der Waals surface area (Å²) in [6, 6.07) is 3.13. The molecular formula is C11H16ClNO2. The molecule has 0 heterocycles. The van der Waals surface area contributed by atoms with Crippen LogP contribution in [0.25, 0.3) is 0 Å². The molecule has 84 valence electrons. The summed E-state index contributed by atoms with van der Waals surface area (Å²) >= 11 is 5.98. The fourth-order valence-corrected chi connectivity index (χ4v) is 1.53. The number of nitrogens with two attached hydrogens (primary N) is 1. The molecule has 0 amide bonds. The van der Waals surface area contributed by atoms with E-state index >= 15 is 0 Å². The quantitative estimate of drug-likeness (QED) is 0.834. The first-order chi connectivity index (χ1) is 6.97. The lowest BCUT2D eigenvalue weighted by Crippen LogP contribution is -2.24. The number of hydrogen-bond donors (Lipinski definition) is 2. The molecular weight excluding hydrogens is 214 g/mol. The van der Waals surface area contributed by atoms with E-state index in [0.717, 1.165) is 5.56 Å². The van der Waals surface area contributed by atoms with E-state index < -0.39 is 6.10 Å². The number of aliphatic hydroxyl groups is 1. The molecule has 2 unspecified atom stereocenters. The van der Waals surface area contributed by atoms with Crippen molar-refractivity contribution in [3.63, 3.8) is 0 Å². The Morgan fingerprint density at radius 3 is 2.53 bits per heavy atom. The highest BCUT2D eigenvalue weighted by Gasteiger charge is 2.18. The molecule has 1 rings (SSSR count). The van der Waals surface area contributed by atoms with Crippen LogP contribution in [0.3, 0.4) is 0 Å². The Kier molecular flexibility index (Phi) is 3.97. The predicted molar refractivity (Wildman–Crippen MR) is 61.4 cm³/mol.